The van der Waals surface area contributed by atoms with E-state index in [1.165, 1.54) is 25.7 Å². The molecule has 1 aliphatic carbocycles. The van der Waals surface area contributed by atoms with Gasteiger partial charge in [-0.2, -0.15) is 13.2 Å². The molecule has 0 bridgehead atoms. The van der Waals surface area contributed by atoms with Crippen LogP contribution in [-0.4, -0.2) is 18.5 Å². The summed E-state index contributed by atoms with van der Waals surface area (Å²) >= 11 is 0. The van der Waals surface area contributed by atoms with Gasteiger partial charge in [0.2, 0.25) is 0 Å². The molecule has 102 valence electrons. The molecule has 0 saturated carbocycles. The third-order valence-electron chi connectivity index (χ3n) is 1.62. The SMILES string of the molecule is C1=CCCC=CCC1.O=S(=O)([O-])C(F)(F)F.[Rh+]. The van der Waals surface area contributed by atoms with Crippen LogP contribution in [0.25, 0.3) is 0 Å². The fourth-order valence-electron chi connectivity index (χ4n) is 0.856. The zero-order valence-electron chi connectivity index (χ0n) is 8.74. The van der Waals surface area contributed by atoms with E-state index in [-0.39, 0.29) is 19.5 Å². The van der Waals surface area contributed by atoms with Gasteiger partial charge in [-0.3, -0.25) is 0 Å². The van der Waals surface area contributed by atoms with Gasteiger partial charge in [0.1, 0.15) is 0 Å². The Kier molecular flexibility index (Phi) is 9.95. The minimum atomic E-state index is -6.09. The van der Waals surface area contributed by atoms with E-state index < -0.39 is 15.6 Å². The maximum absolute atomic E-state index is 10.7. The van der Waals surface area contributed by atoms with Crippen LogP contribution in [0.5, 0.6) is 0 Å². The molecule has 0 aromatic carbocycles. The van der Waals surface area contributed by atoms with Crippen molar-refractivity contribution in [1.29, 1.82) is 0 Å². The second kappa shape index (κ2) is 8.83. The van der Waals surface area contributed by atoms with Gasteiger partial charge < -0.3 is 4.55 Å². The molecule has 0 amide bonds. The Labute approximate surface area is 111 Å². The van der Waals surface area contributed by atoms with Crippen LogP contribution in [0.3, 0.4) is 0 Å². The van der Waals surface area contributed by atoms with Gasteiger partial charge in [-0.15, -0.1) is 0 Å². The molecular formula is C9H12F3O3RhS. The number of hydrogen-bond acceptors (Lipinski definition) is 3. The monoisotopic (exact) mass is 360 g/mol. The van der Waals surface area contributed by atoms with E-state index in [1.54, 1.807) is 0 Å². The average Bonchev–Trinajstić information content (AvgIpc) is 1.98. The van der Waals surface area contributed by atoms with Crippen LogP contribution < -0.4 is 0 Å². The molecule has 0 radical (unpaired) electrons. The summed E-state index contributed by atoms with van der Waals surface area (Å²) in [6, 6.07) is 0. The summed E-state index contributed by atoms with van der Waals surface area (Å²) in [5.74, 6) is 0. The van der Waals surface area contributed by atoms with Gasteiger partial charge in [-0.05, 0) is 25.7 Å². The fourth-order valence-corrected chi connectivity index (χ4v) is 0.856. The van der Waals surface area contributed by atoms with Gasteiger partial charge >= 0.3 is 25.0 Å². The topological polar surface area (TPSA) is 57.2 Å². The number of hydrogen-bond donors (Lipinski definition) is 0. The molecule has 0 aromatic heterocycles. The molecule has 17 heavy (non-hydrogen) atoms. The molecule has 1 rings (SSSR count). The van der Waals surface area contributed by atoms with Crippen molar-refractivity contribution < 1.29 is 45.6 Å². The number of alkyl halides is 3. The van der Waals surface area contributed by atoms with Crippen LogP contribution in [0, 0.1) is 0 Å². The van der Waals surface area contributed by atoms with E-state index in [2.05, 4.69) is 24.3 Å². The largest absolute Gasteiger partial charge is 1.00 e. The Morgan fingerprint density at radius 1 is 0.882 bits per heavy atom. The van der Waals surface area contributed by atoms with Crippen LogP contribution in [-0.2, 0) is 29.6 Å². The first-order valence-corrected chi connectivity index (χ1v) is 5.98. The molecule has 0 saturated heterocycles. The zero-order chi connectivity index (χ0) is 12.7. The van der Waals surface area contributed by atoms with E-state index in [9.17, 15) is 13.2 Å². The number of rotatable bonds is 0. The third kappa shape index (κ3) is 10.7. The second-order valence-electron chi connectivity index (χ2n) is 3.00. The summed E-state index contributed by atoms with van der Waals surface area (Å²) in [5, 5.41) is 0. The molecule has 0 unspecified atom stereocenters. The Bertz CT molecular complexity index is 321. The Balaban J connectivity index is 0. The molecule has 0 aromatic rings. The summed E-state index contributed by atoms with van der Waals surface area (Å²) in [4.78, 5) is 0. The molecule has 8 heteroatoms. The zero-order valence-corrected chi connectivity index (χ0v) is 11.2. The van der Waals surface area contributed by atoms with Crippen LogP contribution >= 0.6 is 0 Å². The van der Waals surface area contributed by atoms with Crippen LogP contribution in [0.15, 0.2) is 24.3 Å². The number of halogens is 3. The first-order valence-electron chi connectivity index (χ1n) is 4.57. The van der Waals surface area contributed by atoms with E-state index in [4.69, 9.17) is 13.0 Å². The van der Waals surface area contributed by atoms with Crippen molar-refractivity contribution in [3.05, 3.63) is 24.3 Å². The van der Waals surface area contributed by atoms with Crippen molar-refractivity contribution in [2.75, 3.05) is 0 Å². The van der Waals surface area contributed by atoms with Crippen molar-refractivity contribution in [2.24, 2.45) is 0 Å². The molecule has 1 aliphatic rings. The van der Waals surface area contributed by atoms with Crippen LogP contribution in [0.1, 0.15) is 25.7 Å². The van der Waals surface area contributed by atoms with Crippen molar-refractivity contribution in [1.82, 2.24) is 0 Å². The molecule has 0 fully saturated rings. The molecule has 0 atom stereocenters. The predicted octanol–water partition coefficient (Wildman–Crippen LogP) is 2.72. The van der Waals surface area contributed by atoms with E-state index in [1.807, 2.05) is 0 Å². The minimum Gasteiger partial charge on any atom is -0.741 e. The van der Waals surface area contributed by atoms with Gasteiger partial charge in [0.15, 0.2) is 10.1 Å². The van der Waals surface area contributed by atoms with Crippen molar-refractivity contribution in [2.45, 2.75) is 31.2 Å². The first-order chi connectivity index (χ1) is 7.25. The van der Waals surface area contributed by atoms with E-state index in [0.29, 0.717) is 0 Å². The average molecular weight is 360 g/mol. The van der Waals surface area contributed by atoms with Gasteiger partial charge in [0.25, 0.3) is 0 Å². The van der Waals surface area contributed by atoms with Crippen molar-refractivity contribution in [3.8, 4) is 0 Å². The summed E-state index contributed by atoms with van der Waals surface area (Å²) in [6.45, 7) is 0. The summed E-state index contributed by atoms with van der Waals surface area (Å²) < 4.78 is 58.9. The first kappa shape index (κ1) is 19.2. The van der Waals surface area contributed by atoms with Crippen molar-refractivity contribution in [3.63, 3.8) is 0 Å². The van der Waals surface area contributed by atoms with Gasteiger partial charge in [-0.1, -0.05) is 24.3 Å². The van der Waals surface area contributed by atoms with Crippen molar-refractivity contribution >= 4 is 10.1 Å². The summed E-state index contributed by atoms with van der Waals surface area (Å²) in [6.07, 6.45) is 14.0. The van der Waals surface area contributed by atoms with Crippen LogP contribution in [0.2, 0.25) is 0 Å². The molecule has 0 heterocycles. The number of allylic oxidation sites excluding steroid dienone is 4. The Hall–Kier alpha value is -0.197. The van der Waals surface area contributed by atoms with Crippen LogP contribution in [0.4, 0.5) is 13.2 Å². The summed E-state index contributed by atoms with van der Waals surface area (Å²) in [7, 11) is -6.09. The van der Waals surface area contributed by atoms with Gasteiger partial charge in [-0.25, -0.2) is 8.42 Å². The Morgan fingerprint density at radius 3 is 1.18 bits per heavy atom. The predicted molar refractivity (Wildman–Crippen MR) is 52.5 cm³/mol. The minimum absolute atomic E-state index is 0. The normalized spacial score (nSPS) is 16.0. The third-order valence-corrected chi connectivity index (χ3v) is 2.18. The quantitative estimate of drug-likeness (QED) is 0.289. The summed E-state index contributed by atoms with van der Waals surface area (Å²) in [5.41, 5.74) is -5.65. The molecule has 0 aliphatic heterocycles. The maximum atomic E-state index is 10.7. The van der Waals surface area contributed by atoms with Gasteiger partial charge in [0, 0.05) is 0 Å². The molecular weight excluding hydrogens is 348 g/mol. The van der Waals surface area contributed by atoms with E-state index in [0.717, 1.165) is 0 Å². The molecule has 0 N–H and O–H groups in total. The van der Waals surface area contributed by atoms with Gasteiger partial charge in [0.05, 0.1) is 0 Å². The smallest absolute Gasteiger partial charge is 0.741 e. The second-order valence-corrected chi connectivity index (χ2v) is 4.37. The fraction of sp³-hybridized carbons (Fsp3) is 0.556. The molecule has 3 nitrogen and oxygen atoms in total. The Morgan fingerprint density at radius 2 is 1.06 bits per heavy atom. The maximum Gasteiger partial charge on any atom is 1.00 e. The molecule has 0 spiro atoms. The van der Waals surface area contributed by atoms with E-state index >= 15 is 0 Å². The standard InChI is InChI=1S/C8H12.CHF3O3S.Rh/c1-2-4-6-8-7-5-3-1;2-1(3,4)8(5,6)7;/h1-2,7-8H,3-6H2;(H,5,6,7);/q;;+1/p-1.